The Morgan fingerprint density at radius 2 is 1.65 bits per heavy atom. The van der Waals surface area contributed by atoms with E-state index in [2.05, 4.69) is 24.8 Å². The van der Waals surface area contributed by atoms with Crippen LogP contribution in [-0.2, 0) is 6.42 Å². The lowest BCUT2D eigenvalue weighted by Gasteiger charge is -2.25. The first-order chi connectivity index (χ1) is 16.5. The predicted molar refractivity (Wildman–Crippen MR) is 117 cm³/mol. The van der Waals surface area contributed by atoms with Crippen LogP contribution in [-0.4, -0.2) is 30.7 Å². The van der Waals surface area contributed by atoms with Gasteiger partial charge in [-0.25, -0.2) is 4.99 Å². The first-order valence-corrected chi connectivity index (χ1v) is 9.95. The lowest BCUT2D eigenvalue weighted by Crippen LogP contribution is -2.40. The third kappa shape index (κ3) is 7.09. The fourth-order valence-electron chi connectivity index (χ4n) is 3.03. The van der Waals surface area contributed by atoms with Gasteiger partial charge in [-0.1, -0.05) is 18.2 Å². The molecule has 0 aliphatic rings. The molecule has 0 radical (unpaired) electrons. The van der Waals surface area contributed by atoms with Gasteiger partial charge in [0, 0.05) is 30.7 Å². The minimum Gasteiger partial charge on any atom is -0.431 e. The van der Waals surface area contributed by atoms with Crippen molar-refractivity contribution >= 4 is 17.3 Å². The van der Waals surface area contributed by atoms with Crippen LogP contribution in [0.1, 0.15) is 5.56 Å². The number of nitrogens with zero attached hydrogens (tertiary/aromatic N) is 4. The number of para-hydroxylation sites is 1. The maximum atomic E-state index is 12.8. The number of hydrogen-bond acceptors (Lipinski definition) is 5. The van der Waals surface area contributed by atoms with Crippen molar-refractivity contribution in [2.75, 3.05) is 11.4 Å². The Balaban J connectivity index is 1.98. The molecule has 3 aromatic rings. The monoisotopic (exact) mass is 473 g/mol. The van der Waals surface area contributed by atoms with E-state index in [0.29, 0.717) is 18.7 Å². The Bertz CT molecular complexity index is 1130. The minimum atomic E-state index is -3.27. The highest BCUT2D eigenvalue weighted by Crippen LogP contribution is 2.34. The zero-order chi connectivity index (χ0) is 24.3. The summed E-state index contributed by atoms with van der Waals surface area (Å²) in [5.41, 5.74) is 1.77. The number of rotatable bonds is 9. The number of hydrogen-bond donors (Lipinski definition) is 1. The van der Waals surface area contributed by atoms with Crippen molar-refractivity contribution in [3.8, 4) is 17.7 Å². The number of anilines is 1. The Morgan fingerprint density at radius 3 is 2.29 bits per heavy atom. The Hall–Kier alpha value is -4.33. The highest BCUT2D eigenvalue weighted by atomic mass is 19.3. The molecule has 0 saturated heterocycles. The lowest BCUT2D eigenvalue weighted by molar-refractivity contribution is -0.0691. The van der Waals surface area contributed by atoms with Crippen molar-refractivity contribution in [3.05, 3.63) is 78.6 Å². The topological polar surface area (TPSA) is 82.8 Å². The summed E-state index contributed by atoms with van der Waals surface area (Å²) in [7, 11) is 0. The van der Waals surface area contributed by atoms with Gasteiger partial charge in [-0.3, -0.25) is 10.3 Å². The van der Waals surface area contributed by atoms with Crippen LogP contribution in [0.2, 0.25) is 0 Å². The molecule has 0 amide bonds. The maximum Gasteiger partial charge on any atom is 0.387 e. The third-order valence-corrected chi connectivity index (χ3v) is 4.46. The molecule has 0 aliphatic heterocycles. The number of nitriles is 1. The first kappa shape index (κ1) is 24.3. The smallest absolute Gasteiger partial charge is 0.387 e. The summed E-state index contributed by atoms with van der Waals surface area (Å²) in [6, 6.07) is 16.1. The van der Waals surface area contributed by atoms with Crippen LogP contribution in [0, 0.1) is 11.5 Å². The molecule has 1 N–H and O–H groups in total. The highest BCUT2D eigenvalue weighted by Gasteiger charge is 2.18. The SMILES string of the molecule is N#CNC(=Nc1ccc(OC(F)F)c(OC(F)F)c1)N(CCc1ccncc1)c1ccccc1. The average molecular weight is 473 g/mol. The molecule has 0 unspecified atom stereocenters. The average Bonchev–Trinajstić information content (AvgIpc) is 2.82. The number of aromatic nitrogens is 1. The van der Waals surface area contributed by atoms with Crippen LogP contribution < -0.4 is 19.7 Å². The Kier molecular flexibility index (Phi) is 8.62. The van der Waals surface area contributed by atoms with Crippen LogP contribution >= 0.6 is 0 Å². The Labute approximate surface area is 192 Å². The van der Waals surface area contributed by atoms with Crippen LogP contribution in [0.15, 0.2) is 78.0 Å². The number of aliphatic imine (C=N–C) groups is 1. The summed E-state index contributed by atoms with van der Waals surface area (Å²) < 4.78 is 59.4. The van der Waals surface area contributed by atoms with Crippen LogP contribution in [0.25, 0.3) is 0 Å². The van der Waals surface area contributed by atoms with Crippen LogP contribution in [0.3, 0.4) is 0 Å². The number of guanidine groups is 1. The van der Waals surface area contributed by atoms with Gasteiger partial charge in [-0.05, 0) is 48.4 Å². The zero-order valence-electron chi connectivity index (χ0n) is 17.6. The second kappa shape index (κ2) is 12.1. The molecular formula is C23H19F4N5O2. The molecule has 0 aliphatic carbocycles. The largest absolute Gasteiger partial charge is 0.431 e. The fraction of sp³-hybridized carbons (Fsp3) is 0.174. The fourth-order valence-corrected chi connectivity index (χ4v) is 3.03. The van der Waals surface area contributed by atoms with Gasteiger partial charge in [0.2, 0.25) is 5.96 Å². The summed E-state index contributed by atoms with van der Waals surface area (Å²) in [6.07, 6.45) is 5.72. The molecule has 2 aromatic carbocycles. The molecule has 0 bridgehead atoms. The van der Waals surface area contributed by atoms with E-state index < -0.39 is 24.7 Å². The van der Waals surface area contributed by atoms with Gasteiger partial charge in [-0.2, -0.15) is 22.8 Å². The molecule has 176 valence electrons. The van der Waals surface area contributed by atoms with E-state index in [1.165, 1.54) is 6.07 Å². The zero-order valence-corrected chi connectivity index (χ0v) is 17.6. The van der Waals surface area contributed by atoms with Crippen molar-refractivity contribution in [3.63, 3.8) is 0 Å². The van der Waals surface area contributed by atoms with Crippen molar-refractivity contribution in [2.45, 2.75) is 19.6 Å². The summed E-state index contributed by atoms with van der Waals surface area (Å²) >= 11 is 0. The van der Waals surface area contributed by atoms with Crippen molar-refractivity contribution in [2.24, 2.45) is 4.99 Å². The standard InChI is InChI=1S/C23H19F4N5O2/c24-21(25)33-19-7-6-17(14-20(19)34-22(26)27)31-23(30-15-28)32(18-4-2-1-3-5-18)13-10-16-8-11-29-12-9-16/h1-9,11-12,14,21-22H,10,13H2,(H,30,31). The molecule has 11 heteroatoms. The van der Waals surface area contributed by atoms with Crippen molar-refractivity contribution in [1.82, 2.24) is 10.3 Å². The van der Waals surface area contributed by atoms with Crippen LogP contribution in [0.5, 0.6) is 11.5 Å². The predicted octanol–water partition coefficient (Wildman–Crippen LogP) is 5.09. The molecule has 34 heavy (non-hydrogen) atoms. The molecule has 0 spiro atoms. The van der Waals surface area contributed by atoms with Crippen LogP contribution in [0.4, 0.5) is 28.9 Å². The third-order valence-electron chi connectivity index (χ3n) is 4.46. The van der Waals surface area contributed by atoms with Gasteiger partial charge in [0.05, 0.1) is 5.69 Å². The van der Waals surface area contributed by atoms with E-state index in [1.54, 1.807) is 17.3 Å². The molecule has 3 rings (SSSR count). The number of alkyl halides is 4. The molecule has 0 saturated carbocycles. The van der Waals surface area contributed by atoms with E-state index >= 15 is 0 Å². The molecule has 1 aromatic heterocycles. The van der Waals surface area contributed by atoms with E-state index in [9.17, 15) is 22.8 Å². The van der Waals surface area contributed by atoms with Gasteiger partial charge in [0.15, 0.2) is 17.7 Å². The van der Waals surface area contributed by atoms with E-state index in [0.717, 1.165) is 17.7 Å². The number of nitrogens with one attached hydrogen (secondary N) is 1. The normalized spacial score (nSPS) is 11.3. The summed E-state index contributed by atoms with van der Waals surface area (Å²) in [4.78, 5) is 10.1. The molecule has 7 nitrogen and oxygen atoms in total. The molecular weight excluding hydrogens is 454 g/mol. The Morgan fingerprint density at radius 1 is 0.971 bits per heavy atom. The number of ether oxygens (including phenoxy) is 2. The van der Waals surface area contributed by atoms with Gasteiger partial charge in [0.1, 0.15) is 0 Å². The first-order valence-electron chi connectivity index (χ1n) is 9.95. The highest BCUT2D eigenvalue weighted by molar-refractivity contribution is 5.98. The second-order valence-electron chi connectivity index (χ2n) is 6.65. The van der Waals surface area contributed by atoms with Crippen molar-refractivity contribution < 1.29 is 27.0 Å². The number of benzene rings is 2. The van der Waals surface area contributed by atoms with E-state index in [1.807, 2.05) is 48.7 Å². The van der Waals surface area contributed by atoms with Crippen molar-refractivity contribution in [1.29, 1.82) is 5.26 Å². The number of halogens is 4. The molecule has 0 fully saturated rings. The lowest BCUT2D eigenvalue weighted by atomic mass is 10.2. The quantitative estimate of drug-likeness (QED) is 0.153. The summed E-state index contributed by atoms with van der Waals surface area (Å²) in [5.74, 6) is -1.09. The second-order valence-corrected chi connectivity index (χ2v) is 6.65. The van der Waals surface area contributed by atoms with Gasteiger partial charge >= 0.3 is 13.2 Å². The summed E-state index contributed by atoms with van der Waals surface area (Å²) in [6.45, 7) is -6.10. The van der Waals surface area contributed by atoms with E-state index in [4.69, 9.17) is 0 Å². The van der Waals surface area contributed by atoms with E-state index in [-0.39, 0.29) is 11.6 Å². The number of pyridine rings is 1. The summed E-state index contributed by atoms with van der Waals surface area (Å²) in [5, 5.41) is 11.8. The maximum absolute atomic E-state index is 12.8. The minimum absolute atomic E-state index is 0.0693. The molecule has 0 atom stereocenters. The van der Waals surface area contributed by atoms with Gasteiger partial charge in [-0.15, -0.1) is 0 Å². The van der Waals surface area contributed by atoms with Gasteiger partial charge in [0.25, 0.3) is 0 Å². The van der Waals surface area contributed by atoms with Gasteiger partial charge < -0.3 is 14.4 Å². The molecule has 1 heterocycles.